The number of amides is 2. The third-order valence-corrected chi connectivity index (χ3v) is 3.93. The fourth-order valence-electron chi connectivity index (χ4n) is 2.38. The average molecular weight is 351 g/mol. The van der Waals surface area contributed by atoms with Gasteiger partial charge in [0, 0.05) is 25.3 Å². The number of hydrogen-bond acceptors (Lipinski definition) is 4. The predicted octanol–water partition coefficient (Wildman–Crippen LogP) is 2.87. The molecule has 2 amide bonds. The minimum atomic E-state index is -0.523. The molecular formula is C19H17N3O4. The lowest BCUT2D eigenvalue weighted by atomic mass is 10.2. The van der Waals surface area contributed by atoms with E-state index in [9.17, 15) is 14.4 Å². The number of hydrogen-bond donors (Lipinski definition) is 2. The van der Waals surface area contributed by atoms with Gasteiger partial charge in [-0.05, 0) is 48.5 Å². The third-order valence-electron chi connectivity index (χ3n) is 3.93. The van der Waals surface area contributed by atoms with Crippen molar-refractivity contribution in [1.29, 1.82) is 0 Å². The summed E-state index contributed by atoms with van der Waals surface area (Å²) in [7, 11) is 1.66. The zero-order chi connectivity index (χ0) is 18.7. The summed E-state index contributed by atoms with van der Waals surface area (Å²) in [6.45, 7) is 1.47. The van der Waals surface area contributed by atoms with Crippen molar-refractivity contribution < 1.29 is 14.0 Å². The van der Waals surface area contributed by atoms with Gasteiger partial charge in [0.05, 0.1) is 12.0 Å². The molecule has 3 rings (SSSR count). The molecule has 0 aliphatic heterocycles. The molecule has 2 aromatic heterocycles. The smallest absolute Gasteiger partial charge is 0.261 e. The van der Waals surface area contributed by atoms with Gasteiger partial charge in [-0.15, -0.1) is 0 Å². The number of anilines is 2. The average Bonchev–Trinajstić information content (AvgIpc) is 3.16. The van der Waals surface area contributed by atoms with E-state index in [4.69, 9.17) is 4.42 Å². The summed E-state index contributed by atoms with van der Waals surface area (Å²) in [6.07, 6.45) is 1.50. The molecule has 0 aliphatic rings. The molecule has 0 spiro atoms. The Hall–Kier alpha value is -3.61. The molecule has 2 heterocycles. The first-order valence-corrected chi connectivity index (χ1v) is 7.88. The number of H-pyrrole nitrogens is 1. The highest BCUT2D eigenvalue weighted by molar-refractivity contribution is 6.04. The van der Waals surface area contributed by atoms with Crippen molar-refractivity contribution in [3.8, 4) is 11.5 Å². The lowest BCUT2D eigenvalue weighted by Gasteiger charge is -2.15. The number of benzene rings is 1. The highest BCUT2D eigenvalue weighted by Gasteiger charge is 2.13. The summed E-state index contributed by atoms with van der Waals surface area (Å²) in [5.41, 5.74) is 1.20. The quantitative estimate of drug-likeness (QED) is 0.755. The monoisotopic (exact) mass is 351 g/mol. The first-order chi connectivity index (χ1) is 12.5. The van der Waals surface area contributed by atoms with E-state index in [1.807, 2.05) is 0 Å². The number of furan rings is 1. The van der Waals surface area contributed by atoms with Crippen molar-refractivity contribution in [1.82, 2.24) is 4.98 Å². The van der Waals surface area contributed by atoms with Gasteiger partial charge in [-0.3, -0.25) is 14.4 Å². The standard InChI is InChI=1S/C19H17N3O4/c1-12(23)22(2)14-7-5-13(6-8-14)20-18(24)15-9-10-16(21-19(15)25)17-4-3-11-26-17/h3-11H,1-2H3,(H,20,24)(H,21,25). The number of aromatic nitrogens is 1. The molecule has 0 saturated heterocycles. The molecule has 132 valence electrons. The second-order valence-electron chi connectivity index (χ2n) is 5.67. The molecule has 3 aromatic rings. The summed E-state index contributed by atoms with van der Waals surface area (Å²) in [6, 6.07) is 13.2. The van der Waals surface area contributed by atoms with Gasteiger partial charge in [0.15, 0.2) is 0 Å². The van der Waals surface area contributed by atoms with Crippen LogP contribution in [0.3, 0.4) is 0 Å². The van der Waals surface area contributed by atoms with E-state index in [0.717, 1.165) is 0 Å². The van der Waals surface area contributed by atoms with Crippen LogP contribution in [0.4, 0.5) is 11.4 Å². The summed E-state index contributed by atoms with van der Waals surface area (Å²) >= 11 is 0. The van der Waals surface area contributed by atoms with E-state index in [-0.39, 0.29) is 11.5 Å². The second kappa shape index (κ2) is 7.10. The van der Waals surface area contributed by atoms with Gasteiger partial charge in [-0.1, -0.05) is 0 Å². The molecule has 0 unspecified atom stereocenters. The molecule has 1 aromatic carbocycles. The fraction of sp³-hybridized carbons (Fsp3) is 0.105. The second-order valence-corrected chi connectivity index (χ2v) is 5.67. The zero-order valence-corrected chi connectivity index (χ0v) is 14.3. The van der Waals surface area contributed by atoms with Gasteiger partial charge in [-0.2, -0.15) is 0 Å². The maximum atomic E-state index is 12.3. The summed E-state index contributed by atoms with van der Waals surface area (Å²) < 4.78 is 5.22. The Morgan fingerprint density at radius 1 is 1.08 bits per heavy atom. The number of rotatable bonds is 4. The van der Waals surface area contributed by atoms with Crippen LogP contribution >= 0.6 is 0 Å². The van der Waals surface area contributed by atoms with Crippen molar-refractivity contribution in [2.75, 3.05) is 17.3 Å². The Kier molecular flexibility index (Phi) is 4.70. The van der Waals surface area contributed by atoms with Crippen LogP contribution in [-0.4, -0.2) is 23.8 Å². The fourth-order valence-corrected chi connectivity index (χ4v) is 2.38. The van der Waals surface area contributed by atoms with Crippen LogP contribution in [0.25, 0.3) is 11.5 Å². The summed E-state index contributed by atoms with van der Waals surface area (Å²) in [4.78, 5) is 40.0. The molecule has 0 aliphatic carbocycles. The number of pyridine rings is 1. The van der Waals surface area contributed by atoms with Gasteiger partial charge < -0.3 is 19.6 Å². The predicted molar refractivity (Wildman–Crippen MR) is 98.2 cm³/mol. The highest BCUT2D eigenvalue weighted by atomic mass is 16.3. The number of nitrogens with one attached hydrogen (secondary N) is 2. The normalized spacial score (nSPS) is 10.4. The van der Waals surface area contributed by atoms with E-state index in [0.29, 0.717) is 22.8 Å². The van der Waals surface area contributed by atoms with Crippen LogP contribution in [0, 0.1) is 0 Å². The molecule has 0 radical (unpaired) electrons. The van der Waals surface area contributed by atoms with E-state index in [2.05, 4.69) is 10.3 Å². The van der Waals surface area contributed by atoms with Crippen molar-refractivity contribution in [2.45, 2.75) is 6.92 Å². The number of nitrogens with zero attached hydrogens (tertiary/aromatic N) is 1. The van der Waals surface area contributed by atoms with Crippen molar-refractivity contribution in [3.05, 3.63) is 70.7 Å². The van der Waals surface area contributed by atoms with Crippen molar-refractivity contribution in [3.63, 3.8) is 0 Å². The lowest BCUT2D eigenvalue weighted by molar-refractivity contribution is -0.116. The van der Waals surface area contributed by atoms with Crippen LogP contribution in [0.1, 0.15) is 17.3 Å². The molecule has 7 heteroatoms. The van der Waals surface area contributed by atoms with E-state index in [1.165, 1.54) is 24.2 Å². The van der Waals surface area contributed by atoms with Gasteiger partial charge in [0.1, 0.15) is 11.3 Å². The molecule has 0 fully saturated rings. The molecule has 0 saturated carbocycles. The summed E-state index contributed by atoms with van der Waals surface area (Å²) in [5.74, 6) is -0.103. The van der Waals surface area contributed by atoms with Crippen LogP contribution in [-0.2, 0) is 4.79 Å². The van der Waals surface area contributed by atoms with Crippen LogP contribution in [0.15, 0.2) is 64.0 Å². The molecule has 0 atom stereocenters. The van der Waals surface area contributed by atoms with E-state index >= 15 is 0 Å². The van der Waals surface area contributed by atoms with Crippen LogP contribution < -0.4 is 15.8 Å². The van der Waals surface area contributed by atoms with Gasteiger partial charge in [0.2, 0.25) is 5.91 Å². The molecular weight excluding hydrogens is 334 g/mol. The molecule has 2 N–H and O–H groups in total. The molecule has 7 nitrogen and oxygen atoms in total. The Bertz CT molecular complexity index is 988. The topological polar surface area (TPSA) is 95.4 Å². The molecule has 0 bridgehead atoms. The third kappa shape index (κ3) is 3.56. The highest BCUT2D eigenvalue weighted by Crippen LogP contribution is 2.18. The summed E-state index contributed by atoms with van der Waals surface area (Å²) in [5, 5.41) is 2.66. The Labute approximate surface area is 149 Å². The number of carbonyl (C=O) groups excluding carboxylic acids is 2. The van der Waals surface area contributed by atoms with Crippen LogP contribution in [0.5, 0.6) is 0 Å². The number of carbonyl (C=O) groups is 2. The first kappa shape index (κ1) is 17.2. The molecule has 26 heavy (non-hydrogen) atoms. The largest absolute Gasteiger partial charge is 0.463 e. The SMILES string of the molecule is CC(=O)N(C)c1ccc(NC(=O)c2ccc(-c3ccco3)[nH]c2=O)cc1. The van der Waals surface area contributed by atoms with Gasteiger partial charge in [0.25, 0.3) is 11.5 Å². The maximum Gasteiger partial charge on any atom is 0.261 e. The maximum absolute atomic E-state index is 12.3. The lowest BCUT2D eigenvalue weighted by Crippen LogP contribution is -2.24. The Morgan fingerprint density at radius 2 is 1.81 bits per heavy atom. The van der Waals surface area contributed by atoms with Crippen molar-refractivity contribution in [2.24, 2.45) is 0 Å². The van der Waals surface area contributed by atoms with E-state index in [1.54, 1.807) is 49.5 Å². The van der Waals surface area contributed by atoms with Crippen molar-refractivity contribution >= 4 is 23.2 Å². The minimum Gasteiger partial charge on any atom is -0.463 e. The zero-order valence-electron chi connectivity index (χ0n) is 14.3. The minimum absolute atomic E-state index is 0.00904. The van der Waals surface area contributed by atoms with E-state index < -0.39 is 11.5 Å². The van der Waals surface area contributed by atoms with Crippen LogP contribution in [0.2, 0.25) is 0 Å². The van der Waals surface area contributed by atoms with Gasteiger partial charge in [-0.25, -0.2) is 0 Å². The Morgan fingerprint density at radius 3 is 2.38 bits per heavy atom. The Balaban J connectivity index is 1.76. The number of aromatic amines is 1. The first-order valence-electron chi connectivity index (χ1n) is 7.88. The van der Waals surface area contributed by atoms with Gasteiger partial charge >= 0.3 is 0 Å².